The zero-order valence-electron chi connectivity index (χ0n) is 14.9. The Bertz CT molecular complexity index is 643. The van der Waals surface area contributed by atoms with Gasteiger partial charge in [0.15, 0.2) is 0 Å². The number of nitrogens with zero attached hydrogens (tertiary/aromatic N) is 1. The number of furan rings is 1. The highest BCUT2D eigenvalue weighted by Crippen LogP contribution is 2.17. The van der Waals surface area contributed by atoms with Crippen LogP contribution in [0.5, 0.6) is 0 Å². The van der Waals surface area contributed by atoms with E-state index in [9.17, 15) is 9.50 Å². The van der Waals surface area contributed by atoms with Gasteiger partial charge in [0.1, 0.15) is 18.2 Å². The third kappa shape index (κ3) is 5.92. The molecule has 1 aliphatic heterocycles. The second kappa shape index (κ2) is 9.83. The fraction of sp³-hybridized carbons (Fsp3) is 0.500. The van der Waals surface area contributed by atoms with E-state index in [1.807, 2.05) is 17.0 Å². The first-order chi connectivity index (χ1) is 12.7. The van der Waals surface area contributed by atoms with Gasteiger partial charge in [-0.15, -0.1) is 0 Å². The van der Waals surface area contributed by atoms with Crippen molar-refractivity contribution in [1.82, 2.24) is 4.90 Å². The van der Waals surface area contributed by atoms with E-state index in [4.69, 9.17) is 13.9 Å². The normalized spacial score (nSPS) is 18.5. The summed E-state index contributed by atoms with van der Waals surface area (Å²) >= 11 is 0. The molecule has 0 amide bonds. The lowest BCUT2D eigenvalue weighted by atomic mass is 10.1. The largest absolute Gasteiger partial charge is 0.467 e. The van der Waals surface area contributed by atoms with Crippen molar-refractivity contribution in [3.05, 3.63) is 59.8 Å². The van der Waals surface area contributed by atoms with Crippen LogP contribution in [-0.4, -0.2) is 48.5 Å². The third-order valence-electron chi connectivity index (χ3n) is 4.44. The lowest BCUT2D eigenvalue weighted by Crippen LogP contribution is -2.39. The van der Waals surface area contributed by atoms with Crippen molar-refractivity contribution in [1.29, 1.82) is 0 Å². The number of halogens is 1. The van der Waals surface area contributed by atoms with Crippen LogP contribution in [0.15, 0.2) is 47.1 Å². The average Bonchev–Trinajstić information content (AvgIpc) is 3.31. The first-order valence-corrected chi connectivity index (χ1v) is 9.06. The molecule has 2 aromatic rings. The minimum Gasteiger partial charge on any atom is -0.467 e. The summed E-state index contributed by atoms with van der Waals surface area (Å²) in [6.07, 6.45) is 3.11. The Morgan fingerprint density at radius 3 is 2.88 bits per heavy atom. The first-order valence-electron chi connectivity index (χ1n) is 9.06. The van der Waals surface area contributed by atoms with Crippen LogP contribution < -0.4 is 0 Å². The summed E-state index contributed by atoms with van der Waals surface area (Å²) in [6, 6.07) is 10.4. The SMILES string of the molecule is O[C@H](COCc1ccco1)CN(Cc1ccccc1F)C[C@H]1CCCO1. The van der Waals surface area contributed by atoms with Gasteiger partial charge in [0.25, 0.3) is 0 Å². The summed E-state index contributed by atoms with van der Waals surface area (Å²) in [5, 5.41) is 10.3. The third-order valence-corrected chi connectivity index (χ3v) is 4.44. The van der Waals surface area contributed by atoms with Gasteiger partial charge in [-0.3, -0.25) is 4.90 Å². The van der Waals surface area contributed by atoms with Crippen LogP contribution in [-0.2, 0) is 22.6 Å². The Labute approximate surface area is 153 Å². The molecular weight excluding hydrogens is 337 g/mol. The number of rotatable bonds is 10. The van der Waals surface area contributed by atoms with E-state index in [0.717, 1.165) is 25.2 Å². The Kier molecular flexibility index (Phi) is 7.20. The van der Waals surface area contributed by atoms with E-state index in [-0.39, 0.29) is 18.5 Å². The monoisotopic (exact) mass is 363 g/mol. The molecule has 0 aliphatic carbocycles. The molecule has 1 aliphatic rings. The Morgan fingerprint density at radius 2 is 2.15 bits per heavy atom. The summed E-state index contributed by atoms with van der Waals surface area (Å²) in [5.41, 5.74) is 0.620. The minimum atomic E-state index is -0.668. The van der Waals surface area contributed by atoms with Crippen LogP contribution in [0.25, 0.3) is 0 Å². The van der Waals surface area contributed by atoms with E-state index < -0.39 is 6.10 Å². The van der Waals surface area contributed by atoms with E-state index in [1.165, 1.54) is 6.07 Å². The number of aliphatic hydroxyl groups excluding tert-OH is 1. The van der Waals surface area contributed by atoms with Gasteiger partial charge in [0.2, 0.25) is 0 Å². The van der Waals surface area contributed by atoms with E-state index >= 15 is 0 Å². The Morgan fingerprint density at radius 1 is 1.27 bits per heavy atom. The summed E-state index contributed by atoms with van der Waals surface area (Å²) in [5.74, 6) is 0.494. The molecule has 0 radical (unpaired) electrons. The first kappa shape index (κ1) is 19.0. The standard InChI is InChI=1S/C20H26FNO4/c21-20-8-2-1-5-16(20)11-22(13-18-6-3-9-25-18)12-17(23)14-24-15-19-7-4-10-26-19/h1-2,4-5,7-8,10,17-18,23H,3,6,9,11-15H2/t17-,18+/m0/s1. The maximum Gasteiger partial charge on any atom is 0.129 e. The molecule has 2 atom stereocenters. The van der Waals surface area contributed by atoms with Gasteiger partial charge in [0, 0.05) is 31.8 Å². The molecule has 0 unspecified atom stereocenters. The van der Waals surface area contributed by atoms with Gasteiger partial charge in [-0.05, 0) is 31.0 Å². The summed E-state index contributed by atoms with van der Waals surface area (Å²) in [6.45, 7) is 2.79. The van der Waals surface area contributed by atoms with Gasteiger partial charge in [-0.25, -0.2) is 4.39 Å². The zero-order chi connectivity index (χ0) is 18.2. The molecule has 0 spiro atoms. The van der Waals surface area contributed by atoms with Crippen molar-refractivity contribution in [2.75, 3.05) is 26.3 Å². The molecule has 3 rings (SSSR count). The quantitative estimate of drug-likeness (QED) is 0.703. The molecular formula is C20H26FNO4. The van der Waals surface area contributed by atoms with Gasteiger partial charge in [-0.2, -0.15) is 0 Å². The molecule has 2 heterocycles. The summed E-state index contributed by atoms with van der Waals surface area (Å²) in [7, 11) is 0. The molecule has 26 heavy (non-hydrogen) atoms. The van der Waals surface area contributed by atoms with Crippen LogP contribution in [0.2, 0.25) is 0 Å². The lowest BCUT2D eigenvalue weighted by Gasteiger charge is -2.27. The number of benzene rings is 1. The van der Waals surface area contributed by atoms with Crippen LogP contribution >= 0.6 is 0 Å². The van der Waals surface area contributed by atoms with Crippen molar-refractivity contribution >= 4 is 0 Å². The molecule has 142 valence electrons. The van der Waals surface area contributed by atoms with Gasteiger partial charge in [0.05, 0.1) is 25.1 Å². The van der Waals surface area contributed by atoms with Crippen molar-refractivity contribution in [2.45, 2.75) is 38.2 Å². The predicted molar refractivity (Wildman–Crippen MR) is 95.0 cm³/mol. The van der Waals surface area contributed by atoms with Crippen LogP contribution in [0.4, 0.5) is 4.39 Å². The van der Waals surface area contributed by atoms with Crippen LogP contribution in [0.1, 0.15) is 24.2 Å². The maximum absolute atomic E-state index is 14.0. The summed E-state index contributed by atoms with van der Waals surface area (Å²) < 4.78 is 30.4. The number of hydrogen-bond acceptors (Lipinski definition) is 5. The Balaban J connectivity index is 1.52. The average molecular weight is 363 g/mol. The molecule has 6 heteroatoms. The molecule has 1 aromatic heterocycles. The van der Waals surface area contributed by atoms with E-state index in [2.05, 4.69) is 0 Å². The highest BCUT2D eigenvalue weighted by molar-refractivity contribution is 5.17. The highest BCUT2D eigenvalue weighted by Gasteiger charge is 2.22. The molecule has 1 N–H and O–H groups in total. The molecule has 1 saturated heterocycles. The van der Waals surface area contributed by atoms with Gasteiger partial charge in [-0.1, -0.05) is 18.2 Å². The number of ether oxygens (including phenoxy) is 2. The highest BCUT2D eigenvalue weighted by atomic mass is 19.1. The van der Waals surface area contributed by atoms with Crippen molar-refractivity contribution in [2.24, 2.45) is 0 Å². The van der Waals surface area contributed by atoms with Gasteiger partial charge >= 0.3 is 0 Å². The smallest absolute Gasteiger partial charge is 0.129 e. The van der Waals surface area contributed by atoms with Crippen molar-refractivity contribution in [3.63, 3.8) is 0 Å². The second-order valence-electron chi connectivity index (χ2n) is 6.67. The van der Waals surface area contributed by atoms with Crippen molar-refractivity contribution in [3.8, 4) is 0 Å². The molecule has 5 nitrogen and oxygen atoms in total. The maximum atomic E-state index is 14.0. The summed E-state index contributed by atoms with van der Waals surface area (Å²) in [4.78, 5) is 2.04. The lowest BCUT2D eigenvalue weighted by molar-refractivity contribution is -0.00655. The molecule has 1 fully saturated rings. The number of hydrogen-bond donors (Lipinski definition) is 1. The zero-order valence-corrected chi connectivity index (χ0v) is 14.9. The predicted octanol–water partition coefficient (Wildman–Crippen LogP) is 2.98. The van der Waals surface area contributed by atoms with E-state index in [0.29, 0.717) is 31.8 Å². The van der Waals surface area contributed by atoms with Crippen molar-refractivity contribution < 1.29 is 23.4 Å². The molecule has 0 bridgehead atoms. The molecule has 1 aromatic carbocycles. The van der Waals surface area contributed by atoms with Crippen LogP contribution in [0, 0.1) is 5.82 Å². The van der Waals surface area contributed by atoms with Gasteiger partial charge < -0.3 is 19.0 Å². The Hall–Kier alpha value is -1.73. The minimum absolute atomic E-state index is 0.137. The number of aliphatic hydroxyl groups is 1. The fourth-order valence-corrected chi connectivity index (χ4v) is 3.19. The molecule has 0 saturated carbocycles. The second-order valence-corrected chi connectivity index (χ2v) is 6.67. The fourth-order valence-electron chi connectivity index (χ4n) is 3.19. The van der Waals surface area contributed by atoms with E-state index in [1.54, 1.807) is 24.5 Å². The van der Waals surface area contributed by atoms with Crippen LogP contribution in [0.3, 0.4) is 0 Å². The topological polar surface area (TPSA) is 55.1 Å².